The fourth-order valence-corrected chi connectivity index (χ4v) is 2.97. The van der Waals surface area contributed by atoms with Crippen molar-refractivity contribution in [2.45, 2.75) is 19.5 Å². The molecule has 0 saturated heterocycles. The van der Waals surface area contributed by atoms with Crippen LogP contribution in [-0.4, -0.2) is 21.1 Å². The Morgan fingerprint density at radius 2 is 2.05 bits per heavy atom. The zero-order chi connectivity index (χ0) is 14.1. The lowest BCUT2D eigenvalue weighted by molar-refractivity contribution is 0.276. The van der Waals surface area contributed by atoms with E-state index in [1.807, 2.05) is 6.07 Å². The van der Waals surface area contributed by atoms with Gasteiger partial charge >= 0.3 is 0 Å². The molecule has 0 bridgehead atoms. The Bertz CT molecular complexity index is 638. The monoisotopic (exact) mass is 289 g/mol. The molecule has 2 aromatic rings. The quantitative estimate of drug-likeness (QED) is 0.813. The summed E-state index contributed by atoms with van der Waals surface area (Å²) in [7, 11) is 0. The summed E-state index contributed by atoms with van der Waals surface area (Å²) in [5.74, 6) is -0.289. The number of nitrogens with zero attached hydrogens (tertiary/aromatic N) is 2. The lowest BCUT2D eigenvalue weighted by Crippen LogP contribution is -2.42. The number of rotatable bonds is 1. The molecule has 1 aromatic heterocycles. The Morgan fingerprint density at radius 1 is 1.25 bits per heavy atom. The number of benzene rings is 1. The number of halogens is 1. The highest BCUT2D eigenvalue weighted by molar-refractivity contribution is 7.80. The molecule has 1 aliphatic heterocycles. The van der Waals surface area contributed by atoms with Crippen LogP contribution in [0.1, 0.15) is 18.7 Å². The van der Waals surface area contributed by atoms with Gasteiger partial charge in [0.2, 0.25) is 0 Å². The summed E-state index contributed by atoms with van der Waals surface area (Å²) in [6.07, 6.45) is 2.08. The van der Waals surface area contributed by atoms with Crippen molar-refractivity contribution in [2.75, 3.05) is 11.9 Å². The van der Waals surface area contributed by atoms with Crippen molar-refractivity contribution >= 4 is 23.0 Å². The molecule has 5 heteroatoms. The fraction of sp³-hybridized carbons (Fsp3) is 0.267. The van der Waals surface area contributed by atoms with E-state index in [1.54, 1.807) is 18.2 Å². The van der Waals surface area contributed by atoms with E-state index in [0.29, 0.717) is 10.8 Å². The van der Waals surface area contributed by atoms with Gasteiger partial charge in [-0.1, -0.05) is 12.1 Å². The Labute approximate surface area is 123 Å². The number of hydrogen-bond acceptors (Lipinski definition) is 1. The summed E-state index contributed by atoms with van der Waals surface area (Å²) >= 11 is 5.43. The minimum atomic E-state index is -0.289. The van der Waals surface area contributed by atoms with Gasteiger partial charge in [-0.15, -0.1) is 0 Å². The molecular formula is C15H16FN3S. The van der Waals surface area contributed by atoms with Crippen molar-refractivity contribution in [3.63, 3.8) is 0 Å². The zero-order valence-corrected chi connectivity index (χ0v) is 12.0. The topological polar surface area (TPSA) is 20.2 Å². The van der Waals surface area contributed by atoms with Crippen LogP contribution in [-0.2, 0) is 6.54 Å². The summed E-state index contributed by atoms with van der Waals surface area (Å²) in [6, 6.07) is 10.9. The third-order valence-corrected chi connectivity index (χ3v) is 4.05. The molecule has 3 rings (SSSR count). The maximum atomic E-state index is 13.7. The lowest BCUT2D eigenvalue weighted by Gasteiger charge is -2.36. The smallest absolute Gasteiger partial charge is 0.174 e. The maximum absolute atomic E-state index is 13.7. The lowest BCUT2D eigenvalue weighted by atomic mass is 10.1. The van der Waals surface area contributed by atoms with E-state index >= 15 is 0 Å². The SMILES string of the molecule is C[C@H]1c2cccn2CCN1C(=S)Nc1ccccc1F. The van der Waals surface area contributed by atoms with Crippen LogP contribution in [0.5, 0.6) is 0 Å². The molecule has 0 aliphatic carbocycles. The first-order valence-electron chi connectivity index (χ1n) is 6.64. The first-order valence-corrected chi connectivity index (χ1v) is 7.05. The van der Waals surface area contributed by atoms with Crippen molar-refractivity contribution in [1.29, 1.82) is 0 Å². The number of aromatic nitrogens is 1. The van der Waals surface area contributed by atoms with Gasteiger partial charge in [0, 0.05) is 25.0 Å². The van der Waals surface area contributed by atoms with Crippen molar-refractivity contribution in [3.8, 4) is 0 Å². The predicted octanol–water partition coefficient (Wildman–Crippen LogP) is 3.40. The number of fused-ring (bicyclic) bond motifs is 1. The molecule has 1 N–H and O–H groups in total. The largest absolute Gasteiger partial charge is 0.348 e. The molecule has 1 atom stereocenters. The van der Waals surface area contributed by atoms with Gasteiger partial charge in [0.05, 0.1) is 11.7 Å². The highest BCUT2D eigenvalue weighted by Gasteiger charge is 2.25. The average Bonchev–Trinajstić information content (AvgIpc) is 2.91. The van der Waals surface area contributed by atoms with E-state index in [1.165, 1.54) is 11.8 Å². The number of thiocarbonyl (C=S) groups is 1. The van der Waals surface area contributed by atoms with Gasteiger partial charge in [-0.2, -0.15) is 0 Å². The van der Waals surface area contributed by atoms with Gasteiger partial charge in [0.15, 0.2) is 5.11 Å². The zero-order valence-electron chi connectivity index (χ0n) is 11.2. The summed E-state index contributed by atoms with van der Waals surface area (Å²) in [5, 5.41) is 3.57. The van der Waals surface area contributed by atoms with E-state index in [9.17, 15) is 4.39 Å². The van der Waals surface area contributed by atoms with Crippen molar-refractivity contribution in [3.05, 3.63) is 54.1 Å². The van der Waals surface area contributed by atoms with Crippen LogP contribution in [0.3, 0.4) is 0 Å². The van der Waals surface area contributed by atoms with Gasteiger partial charge < -0.3 is 14.8 Å². The average molecular weight is 289 g/mol. The third kappa shape index (κ3) is 2.29. The predicted molar refractivity (Wildman–Crippen MR) is 82.2 cm³/mol. The van der Waals surface area contributed by atoms with E-state index in [-0.39, 0.29) is 11.9 Å². The van der Waals surface area contributed by atoms with Crippen LogP contribution < -0.4 is 5.32 Å². The molecule has 1 aliphatic rings. The van der Waals surface area contributed by atoms with Crippen molar-refractivity contribution in [2.24, 2.45) is 0 Å². The number of hydrogen-bond donors (Lipinski definition) is 1. The summed E-state index contributed by atoms with van der Waals surface area (Å²) in [4.78, 5) is 2.09. The number of anilines is 1. The van der Waals surface area contributed by atoms with E-state index < -0.39 is 0 Å². The second-order valence-corrected chi connectivity index (χ2v) is 5.29. The Kier molecular flexibility index (Phi) is 3.44. The fourth-order valence-electron chi connectivity index (χ4n) is 2.61. The van der Waals surface area contributed by atoms with Gasteiger partial charge in [0.25, 0.3) is 0 Å². The number of para-hydroxylation sites is 1. The molecule has 104 valence electrons. The van der Waals surface area contributed by atoms with E-state index in [0.717, 1.165) is 13.1 Å². The van der Waals surface area contributed by atoms with Crippen LogP contribution in [0.4, 0.5) is 10.1 Å². The highest BCUT2D eigenvalue weighted by Crippen LogP contribution is 2.26. The van der Waals surface area contributed by atoms with Gasteiger partial charge in [-0.25, -0.2) is 4.39 Å². The van der Waals surface area contributed by atoms with Crippen LogP contribution in [0.15, 0.2) is 42.6 Å². The molecule has 0 spiro atoms. The van der Waals surface area contributed by atoms with E-state index in [4.69, 9.17) is 12.2 Å². The Morgan fingerprint density at radius 3 is 2.85 bits per heavy atom. The van der Waals surface area contributed by atoms with Gasteiger partial charge in [-0.3, -0.25) is 0 Å². The molecule has 0 saturated carbocycles. The summed E-state index contributed by atoms with van der Waals surface area (Å²) in [5.41, 5.74) is 1.65. The molecule has 0 amide bonds. The molecule has 1 aromatic carbocycles. The standard InChI is InChI=1S/C15H16FN3S/c1-11-14-7-4-8-18(14)9-10-19(11)15(20)17-13-6-3-2-5-12(13)16/h2-8,11H,9-10H2,1H3,(H,17,20)/t11-/m0/s1. The first kappa shape index (κ1) is 13.1. The number of nitrogens with one attached hydrogen (secondary N) is 1. The minimum Gasteiger partial charge on any atom is -0.348 e. The third-order valence-electron chi connectivity index (χ3n) is 3.72. The molecular weight excluding hydrogens is 273 g/mol. The molecule has 0 fully saturated rings. The molecule has 0 radical (unpaired) electrons. The van der Waals surface area contributed by atoms with Crippen LogP contribution in [0.2, 0.25) is 0 Å². The molecule has 2 heterocycles. The van der Waals surface area contributed by atoms with Crippen molar-refractivity contribution < 1.29 is 4.39 Å². The minimum absolute atomic E-state index is 0.186. The Hall–Kier alpha value is -1.88. The molecule has 0 unspecified atom stereocenters. The Balaban J connectivity index is 1.77. The highest BCUT2D eigenvalue weighted by atomic mass is 32.1. The normalized spacial score (nSPS) is 17.7. The first-order chi connectivity index (χ1) is 9.66. The van der Waals surface area contributed by atoms with Crippen LogP contribution in [0, 0.1) is 5.82 Å². The second-order valence-electron chi connectivity index (χ2n) is 4.91. The summed E-state index contributed by atoms with van der Waals surface area (Å²) < 4.78 is 15.9. The molecule has 20 heavy (non-hydrogen) atoms. The van der Waals surface area contributed by atoms with Gasteiger partial charge in [-0.05, 0) is 43.4 Å². The van der Waals surface area contributed by atoms with E-state index in [2.05, 4.69) is 34.0 Å². The van der Waals surface area contributed by atoms with Crippen molar-refractivity contribution in [1.82, 2.24) is 9.47 Å². The van der Waals surface area contributed by atoms with Crippen LogP contribution >= 0.6 is 12.2 Å². The van der Waals surface area contributed by atoms with Crippen LogP contribution in [0.25, 0.3) is 0 Å². The molecule has 3 nitrogen and oxygen atoms in total. The summed E-state index contributed by atoms with van der Waals surface area (Å²) in [6.45, 7) is 3.83. The second kappa shape index (κ2) is 5.25. The maximum Gasteiger partial charge on any atom is 0.174 e. The van der Waals surface area contributed by atoms with Gasteiger partial charge in [0.1, 0.15) is 5.82 Å².